The molecular weight excluding hydrogens is 254 g/mol. The summed E-state index contributed by atoms with van der Waals surface area (Å²) in [5.41, 5.74) is 6.34. The molecule has 4 N–H and O–H groups in total. The summed E-state index contributed by atoms with van der Waals surface area (Å²) < 4.78 is 0. The first-order valence-electron chi connectivity index (χ1n) is 5.12. The molecule has 0 unspecified atom stereocenters. The van der Waals surface area contributed by atoms with Crippen LogP contribution >= 0.6 is 11.6 Å². The molecule has 0 saturated heterocycles. The number of amides is 1. The van der Waals surface area contributed by atoms with Crippen LogP contribution in [-0.4, -0.2) is 10.9 Å². The van der Waals surface area contributed by atoms with Crippen LogP contribution in [0.25, 0.3) is 0 Å². The zero-order valence-electron chi connectivity index (χ0n) is 9.24. The topological polar surface area (TPSA) is 88.0 Å². The van der Waals surface area contributed by atoms with Gasteiger partial charge in [0, 0.05) is 11.8 Å². The minimum atomic E-state index is -0.422. The van der Waals surface area contributed by atoms with Gasteiger partial charge in [-0.05, 0) is 24.3 Å². The van der Waals surface area contributed by atoms with Crippen molar-refractivity contribution in [1.82, 2.24) is 4.98 Å². The van der Waals surface area contributed by atoms with Crippen molar-refractivity contribution in [2.75, 3.05) is 11.1 Å². The number of hydrogen-bond acceptors (Lipinski definition) is 3. The summed E-state index contributed by atoms with van der Waals surface area (Å²) in [6.45, 7) is 0. The molecular formula is C12H10ClN3O2. The van der Waals surface area contributed by atoms with Gasteiger partial charge in [0.15, 0.2) is 0 Å². The first-order valence-corrected chi connectivity index (χ1v) is 5.50. The molecule has 0 fully saturated rings. The molecule has 1 heterocycles. The van der Waals surface area contributed by atoms with E-state index in [-0.39, 0.29) is 11.3 Å². The van der Waals surface area contributed by atoms with Gasteiger partial charge in [0.2, 0.25) is 5.56 Å². The lowest BCUT2D eigenvalue weighted by atomic mass is 10.2. The smallest absolute Gasteiger partial charge is 0.272 e. The van der Waals surface area contributed by atoms with Crippen molar-refractivity contribution in [3.05, 3.63) is 57.5 Å². The first-order chi connectivity index (χ1) is 8.56. The normalized spacial score (nSPS) is 10.1. The van der Waals surface area contributed by atoms with Gasteiger partial charge in [-0.15, -0.1) is 0 Å². The van der Waals surface area contributed by atoms with Gasteiger partial charge >= 0.3 is 0 Å². The Morgan fingerprint density at radius 1 is 1.28 bits per heavy atom. The highest BCUT2D eigenvalue weighted by Gasteiger charge is 2.07. The van der Waals surface area contributed by atoms with E-state index in [1.54, 1.807) is 18.2 Å². The number of nitrogens with one attached hydrogen (secondary N) is 2. The molecule has 0 aliphatic carbocycles. The van der Waals surface area contributed by atoms with Crippen molar-refractivity contribution >= 4 is 28.9 Å². The Labute approximate surface area is 108 Å². The minimum absolute atomic E-state index is 0.177. The number of hydrogen-bond donors (Lipinski definition) is 3. The van der Waals surface area contributed by atoms with Gasteiger partial charge in [0.1, 0.15) is 5.69 Å². The molecule has 0 bridgehead atoms. The third-order valence-corrected chi connectivity index (χ3v) is 2.61. The van der Waals surface area contributed by atoms with Crippen molar-refractivity contribution in [2.45, 2.75) is 0 Å². The molecule has 0 saturated carbocycles. The largest absolute Gasteiger partial charge is 0.397 e. The van der Waals surface area contributed by atoms with E-state index < -0.39 is 5.91 Å². The Morgan fingerprint density at radius 3 is 2.72 bits per heavy atom. The standard InChI is InChI=1S/C12H10ClN3O2/c13-8-5-4-7(6-9(8)14)15-12(18)10-2-1-3-11(17)16-10/h1-6H,14H2,(H,15,18)(H,16,17). The molecule has 0 aliphatic rings. The average molecular weight is 264 g/mol. The zero-order chi connectivity index (χ0) is 13.1. The quantitative estimate of drug-likeness (QED) is 0.723. The van der Waals surface area contributed by atoms with Crippen molar-refractivity contribution in [1.29, 1.82) is 0 Å². The maximum atomic E-state index is 11.8. The molecule has 1 aromatic carbocycles. The number of halogens is 1. The van der Waals surface area contributed by atoms with Crippen LogP contribution in [0.2, 0.25) is 5.02 Å². The Balaban J connectivity index is 2.21. The van der Waals surface area contributed by atoms with Gasteiger partial charge in [0.05, 0.1) is 10.7 Å². The molecule has 2 aromatic rings. The third kappa shape index (κ3) is 2.70. The first kappa shape index (κ1) is 12.2. The number of H-pyrrole nitrogens is 1. The van der Waals surface area contributed by atoms with E-state index in [1.165, 1.54) is 18.2 Å². The lowest BCUT2D eigenvalue weighted by Gasteiger charge is -2.06. The second-order valence-electron chi connectivity index (χ2n) is 3.62. The fourth-order valence-electron chi connectivity index (χ4n) is 1.40. The van der Waals surface area contributed by atoms with E-state index >= 15 is 0 Å². The SMILES string of the molecule is Nc1cc(NC(=O)c2cccc(=O)[nH]2)ccc1Cl. The van der Waals surface area contributed by atoms with Gasteiger partial charge < -0.3 is 16.0 Å². The molecule has 1 amide bonds. The number of rotatable bonds is 2. The number of benzene rings is 1. The van der Waals surface area contributed by atoms with Crippen molar-refractivity contribution in [3.63, 3.8) is 0 Å². The van der Waals surface area contributed by atoms with Crippen LogP contribution in [0.3, 0.4) is 0 Å². The molecule has 2 rings (SSSR count). The summed E-state index contributed by atoms with van der Waals surface area (Å²) in [4.78, 5) is 25.3. The predicted octanol–water partition coefficient (Wildman–Crippen LogP) is 1.86. The number of aromatic amines is 1. The predicted molar refractivity (Wildman–Crippen MR) is 70.9 cm³/mol. The molecule has 0 atom stereocenters. The van der Waals surface area contributed by atoms with E-state index in [0.29, 0.717) is 16.4 Å². The molecule has 5 nitrogen and oxygen atoms in total. The molecule has 1 aromatic heterocycles. The zero-order valence-corrected chi connectivity index (χ0v) is 9.99. The van der Waals surface area contributed by atoms with E-state index in [1.807, 2.05) is 0 Å². The summed E-state index contributed by atoms with van der Waals surface area (Å²) in [7, 11) is 0. The van der Waals surface area contributed by atoms with Crippen LogP contribution in [0.15, 0.2) is 41.2 Å². The van der Waals surface area contributed by atoms with Gasteiger partial charge in [-0.2, -0.15) is 0 Å². The van der Waals surface area contributed by atoms with Crippen LogP contribution in [0.1, 0.15) is 10.5 Å². The highest BCUT2D eigenvalue weighted by molar-refractivity contribution is 6.33. The minimum Gasteiger partial charge on any atom is -0.397 e. The van der Waals surface area contributed by atoms with Gasteiger partial charge in [0.25, 0.3) is 5.91 Å². The number of anilines is 2. The lowest BCUT2D eigenvalue weighted by Crippen LogP contribution is -2.17. The fourth-order valence-corrected chi connectivity index (χ4v) is 1.52. The van der Waals surface area contributed by atoms with Crippen molar-refractivity contribution in [3.8, 4) is 0 Å². The van der Waals surface area contributed by atoms with Crippen LogP contribution in [-0.2, 0) is 0 Å². The summed E-state index contributed by atoms with van der Waals surface area (Å²) in [5, 5.41) is 3.02. The summed E-state index contributed by atoms with van der Waals surface area (Å²) in [6.07, 6.45) is 0. The number of aromatic nitrogens is 1. The number of carbonyl (C=O) groups is 1. The molecule has 18 heavy (non-hydrogen) atoms. The summed E-state index contributed by atoms with van der Waals surface area (Å²) in [6, 6.07) is 9.09. The highest BCUT2D eigenvalue weighted by Crippen LogP contribution is 2.22. The van der Waals surface area contributed by atoms with E-state index in [4.69, 9.17) is 17.3 Å². The Bertz CT molecular complexity index is 652. The number of nitrogens with two attached hydrogens (primary N) is 1. The Kier molecular flexibility index (Phi) is 3.34. The van der Waals surface area contributed by atoms with Crippen LogP contribution in [0, 0.1) is 0 Å². The van der Waals surface area contributed by atoms with E-state index in [9.17, 15) is 9.59 Å². The number of pyridine rings is 1. The average Bonchev–Trinajstić information content (AvgIpc) is 2.34. The summed E-state index contributed by atoms with van der Waals surface area (Å²) >= 11 is 5.77. The molecule has 6 heteroatoms. The van der Waals surface area contributed by atoms with Crippen LogP contribution < -0.4 is 16.6 Å². The maximum Gasteiger partial charge on any atom is 0.272 e. The van der Waals surface area contributed by atoms with Gasteiger partial charge in [-0.25, -0.2) is 0 Å². The van der Waals surface area contributed by atoms with Gasteiger partial charge in [-0.3, -0.25) is 9.59 Å². The Hall–Kier alpha value is -2.27. The lowest BCUT2D eigenvalue weighted by molar-refractivity contribution is 0.102. The van der Waals surface area contributed by atoms with Crippen LogP contribution in [0.5, 0.6) is 0 Å². The highest BCUT2D eigenvalue weighted by atomic mass is 35.5. The summed E-state index contributed by atoms with van der Waals surface area (Å²) in [5.74, 6) is -0.422. The molecule has 0 spiro atoms. The molecule has 0 radical (unpaired) electrons. The number of carbonyl (C=O) groups excluding carboxylic acids is 1. The van der Waals surface area contributed by atoms with Crippen molar-refractivity contribution < 1.29 is 4.79 Å². The van der Waals surface area contributed by atoms with Crippen LogP contribution in [0.4, 0.5) is 11.4 Å². The monoisotopic (exact) mass is 263 g/mol. The second kappa shape index (κ2) is 4.93. The second-order valence-corrected chi connectivity index (χ2v) is 4.03. The maximum absolute atomic E-state index is 11.8. The molecule has 0 aliphatic heterocycles. The van der Waals surface area contributed by atoms with Crippen molar-refractivity contribution in [2.24, 2.45) is 0 Å². The number of nitrogen functional groups attached to an aromatic ring is 1. The Morgan fingerprint density at radius 2 is 2.06 bits per heavy atom. The fraction of sp³-hybridized carbons (Fsp3) is 0. The van der Waals surface area contributed by atoms with E-state index in [0.717, 1.165) is 0 Å². The van der Waals surface area contributed by atoms with Gasteiger partial charge in [-0.1, -0.05) is 17.7 Å². The molecule has 92 valence electrons. The third-order valence-electron chi connectivity index (χ3n) is 2.27. The van der Waals surface area contributed by atoms with E-state index in [2.05, 4.69) is 10.3 Å².